The van der Waals surface area contributed by atoms with Crippen LogP contribution in [0.3, 0.4) is 0 Å². The van der Waals surface area contributed by atoms with E-state index in [-0.39, 0.29) is 17.5 Å². The van der Waals surface area contributed by atoms with E-state index >= 15 is 0 Å². The fourth-order valence-electron chi connectivity index (χ4n) is 3.33. The summed E-state index contributed by atoms with van der Waals surface area (Å²) >= 11 is 0. The number of phenols is 2. The van der Waals surface area contributed by atoms with Crippen molar-refractivity contribution in [3.05, 3.63) is 58.7 Å². The number of hydrogen-bond donors (Lipinski definition) is 4. The van der Waals surface area contributed by atoms with Gasteiger partial charge < -0.3 is 21.7 Å². The number of benzene rings is 2. The van der Waals surface area contributed by atoms with Crippen LogP contribution in [0.25, 0.3) is 0 Å². The number of rotatable bonds is 7. The molecule has 4 nitrogen and oxygen atoms in total. The highest BCUT2D eigenvalue weighted by Crippen LogP contribution is 2.38. The third kappa shape index (κ3) is 3.97. The van der Waals surface area contributed by atoms with Gasteiger partial charge in [0.2, 0.25) is 0 Å². The predicted octanol–water partition coefficient (Wildman–Crippen LogP) is 4.01. The van der Waals surface area contributed by atoms with Gasteiger partial charge in [0.1, 0.15) is 11.5 Å². The van der Waals surface area contributed by atoms with Crippen LogP contribution in [-0.2, 0) is 12.0 Å². The van der Waals surface area contributed by atoms with Crippen LogP contribution in [-0.4, -0.2) is 10.2 Å². The Bertz CT molecular complexity index is 730. The Labute approximate surface area is 150 Å². The molecule has 136 valence electrons. The summed E-state index contributed by atoms with van der Waals surface area (Å²) in [5.41, 5.74) is 15.6. The van der Waals surface area contributed by atoms with E-state index in [2.05, 4.69) is 0 Å². The van der Waals surface area contributed by atoms with Crippen molar-refractivity contribution in [1.29, 1.82) is 0 Å². The van der Waals surface area contributed by atoms with Gasteiger partial charge in [-0.1, -0.05) is 50.2 Å². The van der Waals surface area contributed by atoms with Crippen LogP contribution in [0.5, 0.6) is 11.5 Å². The molecule has 4 heteroatoms. The molecule has 25 heavy (non-hydrogen) atoms. The van der Waals surface area contributed by atoms with Crippen molar-refractivity contribution in [3.8, 4) is 11.5 Å². The van der Waals surface area contributed by atoms with Crippen LogP contribution in [0.4, 0.5) is 0 Å². The monoisotopic (exact) mass is 342 g/mol. The van der Waals surface area contributed by atoms with Gasteiger partial charge in [0.25, 0.3) is 0 Å². The molecule has 0 bridgehead atoms. The molecular weight excluding hydrogens is 312 g/mol. The minimum absolute atomic E-state index is 0.260. The van der Waals surface area contributed by atoms with Crippen LogP contribution in [0.15, 0.2) is 36.4 Å². The first-order chi connectivity index (χ1) is 11.8. The summed E-state index contributed by atoms with van der Waals surface area (Å²) in [6.45, 7) is 5.89. The second-order valence-corrected chi connectivity index (χ2v) is 6.83. The highest BCUT2D eigenvalue weighted by molar-refractivity contribution is 5.44. The Hall–Kier alpha value is -2.04. The van der Waals surface area contributed by atoms with Crippen LogP contribution in [0, 0.1) is 6.92 Å². The largest absolute Gasteiger partial charge is 0.507 e. The number of phenolic OH excluding ortho intramolecular Hbond substituents is 2. The number of aromatic hydroxyl groups is 2. The van der Waals surface area contributed by atoms with Gasteiger partial charge in [-0.2, -0.15) is 0 Å². The van der Waals surface area contributed by atoms with Crippen LogP contribution >= 0.6 is 0 Å². The molecule has 0 saturated heterocycles. The number of para-hydroxylation sites is 2. The summed E-state index contributed by atoms with van der Waals surface area (Å²) in [5.74, 6) is 0.547. The zero-order chi connectivity index (χ0) is 18.6. The first-order valence-electron chi connectivity index (χ1n) is 8.98. The van der Waals surface area contributed by atoms with E-state index < -0.39 is 5.54 Å². The summed E-state index contributed by atoms with van der Waals surface area (Å²) in [6.07, 6.45) is 2.70. The smallest absolute Gasteiger partial charge is 0.123 e. The van der Waals surface area contributed by atoms with Crippen molar-refractivity contribution in [2.75, 3.05) is 0 Å². The number of hydrogen-bond acceptors (Lipinski definition) is 4. The lowest BCUT2D eigenvalue weighted by Crippen LogP contribution is -2.37. The van der Waals surface area contributed by atoms with Crippen LogP contribution < -0.4 is 11.5 Å². The quantitative estimate of drug-likeness (QED) is 0.611. The minimum Gasteiger partial charge on any atom is -0.507 e. The zero-order valence-corrected chi connectivity index (χ0v) is 15.4. The van der Waals surface area contributed by atoms with Gasteiger partial charge in [0, 0.05) is 22.7 Å². The third-order valence-electron chi connectivity index (χ3n) is 5.24. The lowest BCUT2D eigenvalue weighted by molar-refractivity contribution is 0.344. The summed E-state index contributed by atoms with van der Waals surface area (Å²) in [6, 6.07) is 11.1. The number of aryl methyl sites for hydroxylation is 2. The van der Waals surface area contributed by atoms with E-state index in [1.807, 2.05) is 57.2 Å². The Morgan fingerprint density at radius 2 is 1.72 bits per heavy atom. The molecule has 0 saturated carbocycles. The molecule has 2 aromatic carbocycles. The highest BCUT2D eigenvalue weighted by atomic mass is 16.3. The van der Waals surface area contributed by atoms with E-state index in [9.17, 15) is 10.2 Å². The molecule has 2 rings (SSSR count). The van der Waals surface area contributed by atoms with Gasteiger partial charge >= 0.3 is 0 Å². The minimum atomic E-state index is -0.647. The molecule has 0 aliphatic rings. The fraction of sp³-hybridized carbons (Fsp3) is 0.429. The van der Waals surface area contributed by atoms with E-state index in [1.165, 1.54) is 0 Å². The lowest BCUT2D eigenvalue weighted by Gasteiger charge is -2.31. The zero-order valence-electron chi connectivity index (χ0n) is 15.4. The summed E-state index contributed by atoms with van der Waals surface area (Å²) in [5, 5.41) is 20.8. The molecule has 2 unspecified atom stereocenters. The van der Waals surface area contributed by atoms with Crippen molar-refractivity contribution in [2.24, 2.45) is 11.5 Å². The van der Waals surface area contributed by atoms with Gasteiger partial charge in [-0.3, -0.25) is 0 Å². The summed E-state index contributed by atoms with van der Waals surface area (Å²) < 4.78 is 0. The molecule has 0 radical (unpaired) electrons. The Morgan fingerprint density at radius 1 is 1.04 bits per heavy atom. The Morgan fingerprint density at radius 3 is 2.36 bits per heavy atom. The Balaban J connectivity index is 2.21. The molecule has 0 fully saturated rings. The molecule has 0 amide bonds. The van der Waals surface area contributed by atoms with Crippen molar-refractivity contribution >= 4 is 0 Å². The first kappa shape index (κ1) is 19.3. The molecule has 6 N–H and O–H groups in total. The van der Waals surface area contributed by atoms with Gasteiger partial charge in [-0.05, 0) is 43.7 Å². The molecule has 0 heterocycles. The molecule has 0 aromatic heterocycles. The maximum Gasteiger partial charge on any atom is 0.123 e. The fourth-order valence-corrected chi connectivity index (χ4v) is 3.33. The molecule has 0 aliphatic carbocycles. The summed E-state index contributed by atoms with van der Waals surface area (Å²) in [7, 11) is 0. The standard InChI is InChI=1S/C21H30N2O2/c1-4-15-9-7-10-16(20(15)25)18(22)12-13-21(23,5-2)17-11-6-8-14(3)19(17)24/h6-11,18,24-25H,4-5,12-13,22-23H2,1-3H3. The van der Waals surface area contributed by atoms with Crippen molar-refractivity contribution in [2.45, 2.75) is 58.0 Å². The molecule has 0 spiro atoms. The third-order valence-corrected chi connectivity index (χ3v) is 5.24. The predicted molar refractivity (Wildman–Crippen MR) is 103 cm³/mol. The maximum atomic E-state index is 10.4. The van der Waals surface area contributed by atoms with Crippen LogP contribution in [0.1, 0.15) is 61.4 Å². The molecular formula is C21H30N2O2. The van der Waals surface area contributed by atoms with E-state index in [0.717, 1.165) is 28.7 Å². The normalized spacial score (nSPS) is 14.9. The number of nitrogens with two attached hydrogens (primary N) is 2. The van der Waals surface area contributed by atoms with Crippen molar-refractivity contribution < 1.29 is 10.2 Å². The molecule has 0 aliphatic heterocycles. The van der Waals surface area contributed by atoms with E-state index in [1.54, 1.807) is 0 Å². The van der Waals surface area contributed by atoms with E-state index in [0.29, 0.717) is 19.3 Å². The average Bonchev–Trinajstić information content (AvgIpc) is 2.62. The maximum absolute atomic E-state index is 10.4. The van der Waals surface area contributed by atoms with Crippen LogP contribution in [0.2, 0.25) is 0 Å². The summed E-state index contributed by atoms with van der Waals surface area (Å²) in [4.78, 5) is 0. The molecule has 2 atom stereocenters. The average molecular weight is 342 g/mol. The van der Waals surface area contributed by atoms with Gasteiger partial charge in [0.15, 0.2) is 0 Å². The topological polar surface area (TPSA) is 92.5 Å². The van der Waals surface area contributed by atoms with Gasteiger partial charge in [-0.25, -0.2) is 0 Å². The van der Waals surface area contributed by atoms with Crippen molar-refractivity contribution in [1.82, 2.24) is 0 Å². The first-order valence-corrected chi connectivity index (χ1v) is 8.98. The SMILES string of the molecule is CCc1cccc(C(N)CCC(N)(CC)c2cccc(C)c2O)c1O. The van der Waals surface area contributed by atoms with E-state index in [4.69, 9.17) is 11.5 Å². The second kappa shape index (κ2) is 7.89. The Kier molecular flexibility index (Phi) is 6.09. The van der Waals surface area contributed by atoms with Crippen molar-refractivity contribution in [3.63, 3.8) is 0 Å². The highest BCUT2D eigenvalue weighted by Gasteiger charge is 2.29. The van der Waals surface area contributed by atoms with Gasteiger partial charge in [-0.15, -0.1) is 0 Å². The second-order valence-electron chi connectivity index (χ2n) is 6.83. The van der Waals surface area contributed by atoms with Gasteiger partial charge in [0.05, 0.1) is 0 Å². The lowest BCUT2D eigenvalue weighted by atomic mass is 9.81. The molecule has 2 aromatic rings.